The van der Waals surface area contributed by atoms with E-state index in [1.165, 1.54) is 12.3 Å². The van der Waals surface area contributed by atoms with Crippen molar-refractivity contribution in [3.63, 3.8) is 0 Å². The fourth-order valence-corrected chi connectivity index (χ4v) is 2.26. The molecule has 7 nitrogen and oxygen atoms in total. The summed E-state index contributed by atoms with van der Waals surface area (Å²) in [5.74, 6) is 0.102. The van der Waals surface area contributed by atoms with Crippen molar-refractivity contribution in [3.8, 4) is 5.75 Å². The van der Waals surface area contributed by atoms with Gasteiger partial charge >= 0.3 is 0 Å². The Hall–Kier alpha value is -2.93. The van der Waals surface area contributed by atoms with Crippen LogP contribution in [0.5, 0.6) is 5.75 Å². The molecule has 0 saturated carbocycles. The molecule has 2 rings (SSSR count). The van der Waals surface area contributed by atoms with Gasteiger partial charge in [0.2, 0.25) is 0 Å². The smallest absolute Gasteiger partial charge is 0.277 e. The summed E-state index contributed by atoms with van der Waals surface area (Å²) in [6.45, 7) is 3.26. The van der Waals surface area contributed by atoms with E-state index in [-0.39, 0.29) is 12.3 Å². The number of carbonyl (C=O) groups excluding carboxylic acids is 1. The van der Waals surface area contributed by atoms with Gasteiger partial charge in [-0.05, 0) is 37.6 Å². The molecule has 2 aromatic carbocycles. The molecule has 0 bridgehead atoms. The molecule has 0 radical (unpaired) electrons. The average molecular weight is 362 g/mol. The first-order chi connectivity index (χ1) is 11.9. The second kappa shape index (κ2) is 8.25. The van der Waals surface area contributed by atoms with Crippen molar-refractivity contribution >= 4 is 29.4 Å². The van der Waals surface area contributed by atoms with Crippen LogP contribution in [-0.2, 0) is 4.79 Å². The Kier molecular flexibility index (Phi) is 6.08. The molecule has 0 saturated heterocycles. The van der Waals surface area contributed by atoms with E-state index in [9.17, 15) is 14.9 Å². The van der Waals surface area contributed by atoms with Crippen LogP contribution in [0.1, 0.15) is 16.7 Å². The van der Waals surface area contributed by atoms with Crippen molar-refractivity contribution in [1.82, 2.24) is 5.43 Å². The first kappa shape index (κ1) is 18.4. The SMILES string of the molecule is Cc1cc(Cl)ccc1OCC(=O)N/N=C\c1ccc(C)c([N+](=O)[O-])c1. The Morgan fingerprint density at radius 3 is 2.72 bits per heavy atom. The van der Waals surface area contributed by atoms with E-state index in [4.69, 9.17) is 16.3 Å². The number of aryl methyl sites for hydroxylation is 2. The molecule has 1 N–H and O–H groups in total. The number of nitro groups is 1. The van der Waals surface area contributed by atoms with Gasteiger partial charge in [0.15, 0.2) is 6.61 Å². The fourth-order valence-electron chi connectivity index (χ4n) is 2.03. The van der Waals surface area contributed by atoms with E-state index in [1.807, 2.05) is 6.92 Å². The quantitative estimate of drug-likeness (QED) is 0.484. The van der Waals surface area contributed by atoms with Crippen molar-refractivity contribution < 1.29 is 14.5 Å². The Balaban J connectivity index is 1.90. The van der Waals surface area contributed by atoms with Gasteiger partial charge in [0.05, 0.1) is 11.1 Å². The van der Waals surface area contributed by atoms with Gasteiger partial charge in [-0.1, -0.05) is 23.7 Å². The number of benzene rings is 2. The summed E-state index contributed by atoms with van der Waals surface area (Å²) >= 11 is 5.85. The van der Waals surface area contributed by atoms with Gasteiger partial charge in [0.25, 0.3) is 11.6 Å². The molecule has 0 aliphatic rings. The summed E-state index contributed by atoms with van der Waals surface area (Å²) in [5, 5.41) is 15.3. The number of nitrogens with one attached hydrogen (secondary N) is 1. The van der Waals surface area contributed by atoms with Crippen LogP contribution in [0.3, 0.4) is 0 Å². The summed E-state index contributed by atoms with van der Waals surface area (Å²) in [5.41, 5.74) is 4.18. The molecule has 8 heteroatoms. The van der Waals surface area contributed by atoms with Crippen LogP contribution in [0.15, 0.2) is 41.5 Å². The highest BCUT2D eigenvalue weighted by Crippen LogP contribution is 2.21. The van der Waals surface area contributed by atoms with E-state index < -0.39 is 10.8 Å². The first-order valence-electron chi connectivity index (χ1n) is 7.32. The molecule has 0 aromatic heterocycles. The molecule has 0 atom stereocenters. The Morgan fingerprint density at radius 1 is 1.28 bits per heavy atom. The van der Waals surface area contributed by atoms with E-state index in [1.54, 1.807) is 37.3 Å². The van der Waals surface area contributed by atoms with Crippen molar-refractivity contribution in [2.45, 2.75) is 13.8 Å². The van der Waals surface area contributed by atoms with Crippen LogP contribution < -0.4 is 10.2 Å². The molecule has 25 heavy (non-hydrogen) atoms. The number of hydrogen-bond acceptors (Lipinski definition) is 5. The van der Waals surface area contributed by atoms with E-state index in [2.05, 4.69) is 10.5 Å². The highest BCUT2D eigenvalue weighted by molar-refractivity contribution is 6.30. The van der Waals surface area contributed by atoms with E-state index >= 15 is 0 Å². The molecular formula is C17H16ClN3O4. The molecule has 0 spiro atoms. The molecule has 0 aliphatic carbocycles. The molecule has 1 amide bonds. The number of ether oxygens (including phenoxy) is 1. The lowest BCUT2D eigenvalue weighted by atomic mass is 10.1. The minimum Gasteiger partial charge on any atom is -0.483 e. The maximum atomic E-state index is 11.7. The summed E-state index contributed by atoms with van der Waals surface area (Å²) in [6, 6.07) is 9.76. The van der Waals surface area contributed by atoms with Gasteiger partial charge < -0.3 is 4.74 Å². The van der Waals surface area contributed by atoms with Crippen LogP contribution in [0.25, 0.3) is 0 Å². The molecule has 2 aromatic rings. The topological polar surface area (TPSA) is 93.8 Å². The van der Waals surface area contributed by atoms with Crippen LogP contribution in [-0.4, -0.2) is 23.7 Å². The van der Waals surface area contributed by atoms with Crippen LogP contribution in [0.2, 0.25) is 5.02 Å². The fraction of sp³-hybridized carbons (Fsp3) is 0.176. The normalized spacial score (nSPS) is 10.7. The van der Waals surface area contributed by atoms with Gasteiger partial charge in [-0.25, -0.2) is 5.43 Å². The number of carbonyl (C=O) groups is 1. The highest BCUT2D eigenvalue weighted by Gasteiger charge is 2.10. The summed E-state index contributed by atoms with van der Waals surface area (Å²) in [4.78, 5) is 22.2. The molecule has 0 heterocycles. The van der Waals surface area contributed by atoms with Crippen molar-refractivity contribution in [2.75, 3.05) is 6.61 Å². The monoisotopic (exact) mass is 361 g/mol. The predicted octanol–water partition coefficient (Wildman–Crippen LogP) is 3.39. The molecular weight excluding hydrogens is 346 g/mol. The van der Waals surface area contributed by atoms with Crippen molar-refractivity contribution in [3.05, 3.63) is 68.2 Å². The Labute approximate surface area is 149 Å². The molecule has 0 aliphatic heterocycles. The molecule has 0 fully saturated rings. The lowest BCUT2D eigenvalue weighted by molar-refractivity contribution is -0.385. The van der Waals surface area contributed by atoms with Crippen LogP contribution in [0.4, 0.5) is 5.69 Å². The van der Waals surface area contributed by atoms with E-state index in [0.29, 0.717) is 21.9 Å². The second-order valence-electron chi connectivity index (χ2n) is 5.29. The number of nitrogens with zero attached hydrogens (tertiary/aromatic N) is 2. The zero-order valence-electron chi connectivity index (χ0n) is 13.7. The summed E-state index contributed by atoms with van der Waals surface area (Å²) in [6.07, 6.45) is 1.33. The first-order valence-corrected chi connectivity index (χ1v) is 7.70. The van der Waals surface area contributed by atoms with Crippen molar-refractivity contribution in [2.24, 2.45) is 5.10 Å². The van der Waals surface area contributed by atoms with Crippen LogP contribution in [0, 0.1) is 24.0 Å². The van der Waals surface area contributed by atoms with Crippen LogP contribution >= 0.6 is 11.6 Å². The lowest BCUT2D eigenvalue weighted by Gasteiger charge is -2.08. The predicted molar refractivity (Wildman–Crippen MR) is 95.3 cm³/mol. The molecule has 130 valence electrons. The number of halogens is 1. The number of amides is 1. The number of hydrogen-bond donors (Lipinski definition) is 1. The maximum absolute atomic E-state index is 11.7. The van der Waals surface area contributed by atoms with E-state index in [0.717, 1.165) is 5.56 Å². The third-order valence-corrected chi connectivity index (χ3v) is 3.56. The average Bonchev–Trinajstić information content (AvgIpc) is 2.55. The highest BCUT2D eigenvalue weighted by atomic mass is 35.5. The zero-order valence-corrected chi connectivity index (χ0v) is 14.4. The third kappa shape index (κ3) is 5.29. The Bertz CT molecular complexity index is 837. The van der Waals surface area contributed by atoms with Gasteiger partial charge in [0.1, 0.15) is 5.75 Å². The van der Waals surface area contributed by atoms with Gasteiger partial charge in [0, 0.05) is 22.2 Å². The summed E-state index contributed by atoms with van der Waals surface area (Å²) in [7, 11) is 0. The standard InChI is InChI=1S/C17H16ClN3O4/c1-11-3-4-13(8-15(11)21(23)24)9-19-20-17(22)10-25-16-6-5-14(18)7-12(16)2/h3-9H,10H2,1-2H3,(H,20,22)/b19-9-. The Morgan fingerprint density at radius 2 is 2.04 bits per heavy atom. The number of rotatable bonds is 6. The van der Waals surface area contributed by atoms with Crippen molar-refractivity contribution in [1.29, 1.82) is 0 Å². The zero-order chi connectivity index (χ0) is 18.4. The second-order valence-corrected chi connectivity index (χ2v) is 5.73. The minimum atomic E-state index is -0.465. The lowest BCUT2D eigenvalue weighted by Crippen LogP contribution is -2.24. The van der Waals surface area contributed by atoms with Gasteiger partial charge in [-0.15, -0.1) is 0 Å². The third-order valence-electron chi connectivity index (χ3n) is 3.33. The minimum absolute atomic E-state index is 0.00294. The number of hydrazone groups is 1. The maximum Gasteiger partial charge on any atom is 0.277 e. The summed E-state index contributed by atoms with van der Waals surface area (Å²) < 4.78 is 5.39. The van der Waals surface area contributed by atoms with Gasteiger partial charge in [-0.3, -0.25) is 14.9 Å². The largest absolute Gasteiger partial charge is 0.483 e. The number of nitro benzene ring substituents is 1. The molecule has 0 unspecified atom stereocenters. The van der Waals surface area contributed by atoms with Gasteiger partial charge in [-0.2, -0.15) is 5.10 Å².